The molecule has 1 amide bonds. The van der Waals surface area contributed by atoms with E-state index in [1.807, 2.05) is 69.3 Å². The van der Waals surface area contributed by atoms with E-state index in [0.717, 1.165) is 29.7 Å². The summed E-state index contributed by atoms with van der Waals surface area (Å²) < 4.78 is 25.1. The molecule has 0 aliphatic carbocycles. The smallest absolute Gasteiger partial charge is 0.254 e. The highest BCUT2D eigenvalue weighted by Gasteiger charge is 2.25. The summed E-state index contributed by atoms with van der Waals surface area (Å²) in [4.78, 5) is 19.7. The predicted molar refractivity (Wildman–Crippen MR) is 137 cm³/mol. The Labute approximate surface area is 208 Å². The summed E-state index contributed by atoms with van der Waals surface area (Å²) in [7, 11) is 1.79. The number of H-pyrrole nitrogens is 1. The number of hydrogen-bond donors (Lipinski definition) is 2. The van der Waals surface area contributed by atoms with Crippen molar-refractivity contribution in [2.24, 2.45) is 4.99 Å². The molecule has 8 nitrogen and oxygen atoms in total. The van der Waals surface area contributed by atoms with E-state index in [1.165, 1.54) is 0 Å². The van der Waals surface area contributed by atoms with Crippen molar-refractivity contribution in [2.45, 2.75) is 52.3 Å². The standard InChI is InChI=1S/C26H31N5O3S/c1-5-21(23-15-14-17(2)34-23)27-24-25(30-35(33)29-24)28-22-13-9-12-20(18(22)3)26(32)31(4)16-19-10-7-6-8-11-19/h6-14,21,23H,5,15-16H2,1-4H3,(H,27,29)(H,28,30)/t21-,23?,35?/m1/s1. The Bertz CT molecular complexity index is 1280. The second-order valence-electron chi connectivity index (χ2n) is 8.70. The number of nitrogens with one attached hydrogen (secondary N) is 2. The van der Waals surface area contributed by atoms with Crippen LogP contribution in [0.25, 0.3) is 0 Å². The molecule has 2 heterocycles. The minimum atomic E-state index is -1.62. The lowest BCUT2D eigenvalue weighted by Gasteiger charge is -2.20. The van der Waals surface area contributed by atoms with Gasteiger partial charge in [0.05, 0.1) is 11.8 Å². The average Bonchev–Trinajstić information content (AvgIpc) is 3.43. The molecule has 184 valence electrons. The molecule has 35 heavy (non-hydrogen) atoms. The first kappa shape index (κ1) is 24.7. The Kier molecular flexibility index (Phi) is 7.67. The van der Waals surface area contributed by atoms with E-state index in [2.05, 4.69) is 20.1 Å². The number of rotatable bonds is 8. The van der Waals surface area contributed by atoms with E-state index < -0.39 is 11.1 Å². The van der Waals surface area contributed by atoms with Crippen molar-refractivity contribution in [1.82, 2.24) is 13.6 Å². The molecule has 9 heteroatoms. The summed E-state index contributed by atoms with van der Waals surface area (Å²) >= 11 is -1.62. The van der Waals surface area contributed by atoms with E-state index in [1.54, 1.807) is 11.9 Å². The Morgan fingerprint density at radius 2 is 2.06 bits per heavy atom. The van der Waals surface area contributed by atoms with Crippen LogP contribution in [0.3, 0.4) is 0 Å². The third-order valence-electron chi connectivity index (χ3n) is 6.13. The van der Waals surface area contributed by atoms with Crippen LogP contribution >= 0.6 is 11.1 Å². The first-order valence-corrected chi connectivity index (χ1v) is 12.8. The van der Waals surface area contributed by atoms with Gasteiger partial charge < -0.3 is 19.5 Å². The Hall–Kier alpha value is -3.43. The average molecular weight is 494 g/mol. The van der Waals surface area contributed by atoms with Gasteiger partial charge in [-0.05, 0) is 49.6 Å². The number of allylic oxidation sites excluding steroid dienone is 1. The molecule has 0 saturated heterocycles. The zero-order chi connectivity index (χ0) is 24.9. The van der Waals surface area contributed by atoms with Crippen LogP contribution < -0.4 is 10.8 Å². The first-order valence-electron chi connectivity index (χ1n) is 11.7. The van der Waals surface area contributed by atoms with Crippen molar-refractivity contribution in [3.63, 3.8) is 0 Å². The number of anilines is 2. The van der Waals surface area contributed by atoms with Crippen molar-refractivity contribution in [3.8, 4) is 0 Å². The number of nitrogens with zero attached hydrogens (tertiary/aromatic N) is 3. The quantitative estimate of drug-likeness (QED) is 0.437. The van der Waals surface area contributed by atoms with Crippen LogP contribution in [0.15, 0.2) is 65.4 Å². The largest absolute Gasteiger partial charge is 0.548 e. The van der Waals surface area contributed by atoms with Crippen molar-refractivity contribution in [3.05, 3.63) is 82.5 Å². The van der Waals surface area contributed by atoms with Gasteiger partial charge in [-0.25, -0.2) is 0 Å². The van der Waals surface area contributed by atoms with Gasteiger partial charge in [-0.15, -0.1) is 4.37 Å². The van der Waals surface area contributed by atoms with Crippen LogP contribution in [0.4, 0.5) is 11.5 Å². The number of carbonyl (C=O) groups is 1. The fourth-order valence-electron chi connectivity index (χ4n) is 4.17. The third-order valence-corrected chi connectivity index (χ3v) is 6.84. The maximum atomic E-state index is 13.2. The molecule has 2 N–H and O–H groups in total. The van der Waals surface area contributed by atoms with Gasteiger partial charge in [0.1, 0.15) is 6.10 Å². The van der Waals surface area contributed by atoms with Crippen LogP contribution in [0, 0.1) is 6.92 Å². The lowest BCUT2D eigenvalue weighted by molar-refractivity contribution is 0.0784. The van der Waals surface area contributed by atoms with Gasteiger partial charge in [0.25, 0.3) is 5.91 Å². The predicted octanol–water partition coefficient (Wildman–Crippen LogP) is 4.83. The second kappa shape index (κ2) is 10.9. The summed E-state index contributed by atoms with van der Waals surface area (Å²) in [6, 6.07) is 15.3. The van der Waals surface area contributed by atoms with Crippen LogP contribution in [-0.4, -0.2) is 43.3 Å². The molecule has 0 bridgehead atoms. The molecule has 1 aromatic heterocycles. The summed E-state index contributed by atoms with van der Waals surface area (Å²) in [6.07, 6.45) is 3.58. The highest BCUT2D eigenvalue weighted by atomic mass is 32.2. The molecule has 2 aromatic carbocycles. The van der Waals surface area contributed by atoms with Crippen molar-refractivity contribution >= 4 is 28.6 Å². The Morgan fingerprint density at radius 3 is 2.74 bits per heavy atom. The molecule has 3 atom stereocenters. The fraction of sp³-hybridized carbons (Fsp3) is 0.346. The Balaban J connectivity index is 1.57. The van der Waals surface area contributed by atoms with Crippen LogP contribution in [-0.2, 0) is 11.3 Å². The summed E-state index contributed by atoms with van der Waals surface area (Å²) in [6.45, 7) is 6.38. The monoisotopic (exact) mass is 493 g/mol. The van der Waals surface area contributed by atoms with E-state index in [9.17, 15) is 9.35 Å². The molecule has 2 unspecified atom stereocenters. The lowest BCUT2D eigenvalue weighted by Crippen LogP contribution is -2.27. The maximum absolute atomic E-state index is 13.2. The van der Waals surface area contributed by atoms with Gasteiger partial charge in [0.15, 0.2) is 11.1 Å². The number of amides is 1. The Morgan fingerprint density at radius 1 is 1.29 bits per heavy atom. The maximum Gasteiger partial charge on any atom is 0.254 e. The van der Waals surface area contributed by atoms with Crippen LogP contribution in [0.5, 0.6) is 0 Å². The minimum absolute atomic E-state index is 0.0487. The third kappa shape index (κ3) is 5.80. The molecule has 1 aliphatic heterocycles. The highest BCUT2D eigenvalue weighted by Crippen LogP contribution is 2.25. The zero-order valence-corrected chi connectivity index (χ0v) is 21.3. The normalized spacial score (nSPS) is 17.1. The molecular formula is C26H31N5O3S. The van der Waals surface area contributed by atoms with Crippen molar-refractivity contribution in [2.75, 3.05) is 12.4 Å². The number of hydrogen-bond acceptors (Lipinski definition) is 6. The summed E-state index contributed by atoms with van der Waals surface area (Å²) in [5.74, 6) is 1.21. The molecule has 0 saturated carbocycles. The number of benzene rings is 2. The van der Waals surface area contributed by atoms with Crippen molar-refractivity contribution in [1.29, 1.82) is 0 Å². The van der Waals surface area contributed by atoms with Crippen molar-refractivity contribution < 1.29 is 14.1 Å². The minimum Gasteiger partial charge on any atom is -0.548 e. The molecule has 0 fully saturated rings. The topological polar surface area (TPSA) is 106 Å². The molecular weight excluding hydrogens is 462 g/mol. The SMILES string of the molecule is CC[C@@H](N=c1[nH][s+]([O-])nc1Nc1cccc(C(=O)N(C)Cc2ccccc2)c1C)C1CC=C(C)O1. The highest BCUT2D eigenvalue weighted by molar-refractivity contribution is 7.13. The van der Waals surface area contributed by atoms with Gasteiger partial charge in [0, 0.05) is 35.6 Å². The molecule has 0 radical (unpaired) electrons. The van der Waals surface area contributed by atoms with E-state index in [-0.39, 0.29) is 18.1 Å². The van der Waals surface area contributed by atoms with Crippen LogP contribution in [0.2, 0.25) is 0 Å². The molecule has 0 spiro atoms. The summed E-state index contributed by atoms with van der Waals surface area (Å²) in [5.41, 5.74) is 3.57. The number of carbonyl (C=O) groups excluding carboxylic acids is 1. The first-order chi connectivity index (χ1) is 16.9. The number of ether oxygens (including phenoxy) is 1. The van der Waals surface area contributed by atoms with Gasteiger partial charge in [0.2, 0.25) is 11.3 Å². The van der Waals surface area contributed by atoms with E-state index >= 15 is 0 Å². The molecule has 3 aromatic rings. The van der Waals surface area contributed by atoms with Crippen LogP contribution in [0.1, 0.15) is 48.2 Å². The van der Waals surface area contributed by atoms with Gasteiger partial charge in [-0.2, -0.15) is 0 Å². The van der Waals surface area contributed by atoms with E-state index in [0.29, 0.717) is 29.1 Å². The number of aromatic amines is 1. The van der Waals surface area contributed by atoms with Gasteiger partial charge in [-0.3, -0.25) is 9.79 Å². The van der Waals surface area contributed by atoms with Gasteiger partial charge in [-0.1, -0.05) is 43.3 Å². The lowest BCUT2D eigenvalue weighted by atomic mass is 10.0. The molecule has 1 aliphatic rings. The van der Waals surface area contributed by atoms with E-state index in [4.69, 9.17) is 9.73 Å². The van der Waals surface area contributed by atoms with Gasteiger partial charge >= 0.3 is 0 Å². The fourth-order valence-corrected chi connectivity index (χ4v) is 4.83. The molecule has 4 rings (SSSR count). The summed E-state index contributed by atoms with van der Waals surface area (Å²) in [5, 5.41) is 3.24. The number of aromatic nitrogens is 2. The zero-order valence-electron chi connectivity index (χ0n) is 20.4. The second-order valence-corrected chi connectivity index (χ2v) is 9.59.